The zero-order valence-electron chi connectivity index (χ0n) is 25.2. The Kier molecular flexibility index (Phi) is 9.46. The fourth-order valence-electron chi connectivity index (χ4n) is 6.45. The van der Waals surface area contributed by atoms with Gasteiger partial charge in [0, 0.05) is 86.5 Å². The van der Waals surface area contributed by atoms with Crippen molar-refractivity contribution in [1.29, 1.82) is 0 Å². The summed E-state index contributed by atoms with van der Waals surface area (Å²) in [5.41, 5.74) is 4.83. The second-order valence-corrected chi connectivity index (χ2v) is 13.1. The van der Waals surface area contributed by atoms with Gasteiger partial charge in [-0.2, -0.15) is 0 Å². The molecule has 236 valence electrons. The van der Waals surface area contributed by atoms with Crippen LogP contribution in [0.15, 0.2) is 65.4 Å². The number of aromatic nitrogens is 1. The Bertz CT molecular complexity index is 1540. The number of piperidine rings is 1. The van der Waals surface area contributed by atoms with E-state index in [0.717, 1.165) is 32.5 Å². The quantitative estimate of drug-likeness (QED) is 0.366. The number of hydrogen-bond acceptors (Lipinski definition) is 5. The third-order valence-electron chi connectivity index (χ3n) is 8.98. The van der Waals surface area contributed by atoms with E-state index in [1.807, 2.05) is 65.3 Å². The van der Waals surface area contributed by atoms with Crippen LogP contribution in [0.4, 0.5) is 21.0 Å². The van der Waals surface area contributed by atoms with Crippen molar-refractivity contribution in [3.8, 4) is 0 Å². The van der Waals surface area contributed by atoms with Crippen molar-refractivity contribution >= 4 is 56.9 Å². The lowest BCUT2D eigenvalue weighted by molar-refractivity contribution is -0.133. The van der Waals surface area contributed by atoms with Crippen LogP contribution in [0.5, 0.6) is 0 Å². The van der Waals surface area contributed by atoms with Crippen molar-refractivity contribution in [3.05, 3.63) is 87.1 Å². The second-order valence-electron chi connectivity index (χ2n) is 11.9. The van der Waals surface area contributed by atoms with Gasteiger partial charge in [-0.25, -0.2) is 9.59 Å². The summed E-state index contributed by atoms with van der Waals surface area (Å²) in [6.45, 7) is 5.99. The Morgan fingerprint density at radius 3 is 2.44 bits per heavy atom. The molecular weight excluding hydrogens is 658 g/mol. The van der Waals surface area contributed by atoms with Crippen LogP contribution >= 0.6 is 27.5 Å². The number of fused-ring (bicyclic) bond motifs is 1. The monoisotopic (exact) mass is 693 g/mol. The highest BCUT2D eigenvalue weighted by atomic mass is 79.9. The number of hydrogen-bond donors (Lipinski definition) is 2. The molecule has 0 radical (unpaired) electrons. The lowest BCUT2D eigenvalue weighted by Gasteiger charge is -2.41. The Labute approximate surface area is 276 Å². The summed E-state index contributed by atoms with van der Waals surface area (Å²) >= 11 is 9.92. The number of nitrogens with one attached hydrogen (secondary N) is 2. The number of benzene rings is 2. The molecule has 6 rings (SSSR count). The number of carbonyl (C=O) groups excluding carboxylic acids is 3. The van der Waals surface area contributed by atoms with Gasteiger partial charge in [-0.1, -0.05) is 35.9 Å². The number of likely N-dealkylation sites (tertiary alicyclic amines) is 1. The number of nitrogens with zero attached hydrogens (tertiary/aromatic N) is 5. The summed E-state index contributed by atoms with van der Waals surface area (Å²) in [5, 5.41) is 6.70. The van der Waals surface area contributed by atoms with Gasteiger partial charge in [-0.05, 0) is 76.7 Å². The minimum absolute atomic E-state index is 0.0333. The van der Waals surface area contributed by atoms with Gasteiger partial charge in [0.15, 0.2) is 0 Å². The van der Waals surface area contributed by atoms with Gasteiger partial charge in [0.1, 0.15) is 6.04 Å². The maximum atomic E-state index is 14.0. The van der Waals surface area contributed by atoms with E-state index in [9.17, 15) is 14.4 Å². The van der Waals surface area contributed by atoms with Crippen LogP contribution < -0.4 is 15.5 Å². The summed E-state index contributed by atoms with van der Waals surface area (Å²) in [6.07, 6.45) is 5.22. The van der Waals surface area contributed by atoms with E-state index in [2.05, 4.69) is 36.4 Å². The van der Waals surface area contributed by atoms with Crippen LogP contribution in [0.1, 0.15) is 29.5 Å². The highest BCUT2D eigenvalue weighted by molar-refractivity contribution is 9.10. The average Bonchev–Trinajstić information content (AvgIpc) is 3.06. The molecule has 2 aromatic carbocycles. The van der Waals surface area contributed by atoms with Crippen LogP contribution in [0.2, 0.25) is 5.02 Å². The van der Waals surface area contributed by atoms with Gasteiger partial charge < -0.3 is 30.2 Å². The van der Waals surface area contributed by atoms with Crippen LogP contribution in [0.3, 0.4) is 0 Å². The lowest BCUT2D eigenvalue weighted by atomic mass is 10.0. The van der Waals surface area contributed by atoms with E-state index in [0.29, 0.717) is 70.1 Å². The summed E-state index contributed by atoms with van der Waals surface area (Å²) in [4.78, 5) is 52.3. The van der Waals surface area contributed by atoms with Crippen molar-refractivity contribution in [1.82, 2.24) is 25.0 Å². The first-order chi connectivity index (χ1) is 21.8. The largest absolute Gasteiger partial charge is 0.368 e. The molecule has 3 aromatic rings. The van der Waals surface area contributed by atoms with Gasteiger partial charge in [0.2, 0.25) is 5.91 Å². The topological polar surface area (TPSA) is 101 Å². The Morgan fingerprint density at radius 1 is 1.02 bits per heavy atom. The van der Waals surface area contributed by atoms with Gasteiger partial charge in [0.25, 0.3) is 0 Å². The average molecular weight is 695 g/mol. The molecule has 12 heteroatoms. The minimum Gasteiger partial charge on any atom is -0.368 e. The first kappa shape index (κ1) is 31.2. The fourth-order valence-corrected chi connectivity index (χ4v) is 7.17. The second kappa shape index (κ2) is 13.7. The number of piperazine rings is 1. The molecule has 0 saturated carbocycles. The van der Waals surface area contributed by atoms with Gasteiger partial charge in [0.05, 0.1) is 5.02 Å². The molecule has 10 nitrogen and oxygen atoms in total. The van der Waals surface area contributed by atoms with Crippen LogP contribution in [-0.4, -0.2) is 89.0 Å². The molecule has 2 N–H and O–H groups in total. The zero-order valence-corrected chi connectivity index (χ0v) is 27.6. The summed E-state index contributed by atoms with van der Waals surface area (Å²) in [6, 6.07) is 14.6. The number of amides is 5. The lowest BCUT2D eigenvalue weighted by Crippen LogP contribution is -2.58. The number of pyridine rings is 1. The molecule has 3 aliphatic heterocycles. The van der Waals surface area contributed by atoms with Crippen LogP contribution in [0, 0.1) is 6.92 Å². The highest BCUT2D eigenvalue weighted by Gasteiger charge is 2.35. The van der Waals surface area contributed by atoms with E-state index in [-0.39, 0.29) is 24.0 Å². The zero-order chi connectivity index (χ0) is 31.5. The Balaban J connectivity index is 1.11. The predicted molar refractivity (Wildman–Crippen MR) is 179 cm³/mol. The number of para-hydroxylation sites is 1. The van der Waals surface area contributed by atoms with Gasteiger partial charge in [-0.15, -0.1) is 0 Å². The van der Waals surface area contributed by atoms with E-state index in [1.165, 1.54) is 0 Å². The number of anilines is 2. The third-order valence-corrected chi connectivity index (χ3v) is 10.3. The standard InChI is InChI=1S/C33H37BrClN7O3/c1-22-18-23(19-27(34)30(22)35)20-29(31(43)40-16-14-39(15-17-40)25-6-10-36-11-7-25)38-32(44)41-12-8-26(9-13-41)42-21-24-4-2-3-5-28(24)37-33(42)45/h2-7,10-11,18-19,26,29H,8-9,12-17,20-21H2,1H3,(H,37,45)(H,38,44). The smallest absolute Gasteiger partial charge is 0.322 e. The minimum atomic E-state index is -0.737. The van der Waals surface area contributed by atoms with Crippen molar-refractivity contribution in [3.63, 3.8) is 0 Å². The number of rotatable bonds is 6. The molecule has 5 amide bonds. The molecule has 3 aliphatic rings. The third kappa shape index (κ3) is 7.04. The van der Waals surface area contributed by atoms with Crippen LogP contribution in [0.25, 0.3) is 0 Å². The summed E-state index contributed by atoms with van der Waals surface area (Å²) in [5.74, 6) is -0.0972. The first-order valence-electron chi connectivity index (χ1n) is 15.4. The van der Waals surface area contributed by atoms with E-state index >= 15 is 0 Å². The number of halogens is 2. The number of urea groups is 2. The normalized spacial score (nSPS) is 17.9. The van der Waals surface area contributed by atoms with Gasteiger partial charge >= 0.3 is 12.1 Å². The van der Waals surface area contributed by atoms with Crippen LogP contribution in [-0.2, 0) is 17.8 Å². The number of carbonyl (C=O) groups is 3. The maximum absolute atomic E-state index is 14.0. The molecule has 2 fully saturated rings. The molecular formula is C33H37BrClN7O3. The molecule has 1 unspecified atom stereocenters. The maximum Gasteiger partial charge on any atom is 0.322 e. The SMILES string of the molecule is Cc1cc(CC(NC(=O)N2CCC(N3Cc4ccccc4NC3=O)CC2)C(=O)N2CCN(c3ccncc3)CC2)cc(Br)c1Cl. The predicted octanol–water partition coefficient (Wildman–Crippen LogP) is 5.29. The van der Waals surface area contributed by atoms with Crippen molar-refractivity contribution in [2.45, 2.75) is 44.8 Å². The van der Waals surface area contributed by atoms with Crippen molar-refractivity contribution in [2.24, 2.45) is 0 Å². The molecule has 2 saturated heterocycles. The van der Waals surface area contributed by atoms with Crippen molar-refractivity contribution < 1.29 is 14.4 Å². The van der Waals surface area contributed by atoms with E-state index in [4.69, 9.17) is 11.6 Å². The molecule has 0 aliphatic carbocycles. The molecule has 0 spiro atoms. The molecule has 0 bridgehead atoms. The summed E-state index contributed by atoms with van der Waals surface area (Å²) < 4.78 is 0.758. The Morgan fingerprint density at radius 2 is 1.73 bits per heavy atom. The molecule has 4 heterocycles. The van der Waals surface area contributed by atoms with E-state index in [1.54, 1.807) is 17.3 Å². The molecule has 1 atom stereocenters. The molecule has 1 aromatic heterocycles. The van der Waals surface area contributed by atoms with Crippen molar-refractivity contribution in [2.75, 3.05) is 49.5 Å². The first-order valence-corrected chi connectivity index (χ1v) is 16.5. The number of aryl methyl sites for hydroxylation is 1. The van der Waals surface area contributed by atoms with E-state index < -0.39 is 6.04 Å². The van der Waals surface area contributed by atoms with Gasteiger partial charge in [-0.3, -0.25) is 9.78 Å². The fraction of sp³-hybridized carbons (Fsp3) is 0.394. The Hall–Kier alpha value is -3.83. The summed E-state index contributed by atoms with van der Waals surface area (Å²) in [7, 11) is 0. The molecule has 45 heavy (non-hydrogen) atoms. The highest BCUT2D eigenvalue weighted by Crippen LogP contribution is 2.29.